The molecule has 0 radical (unpaired) electrons. The van der Waals surface area contributed by atoms with Crippen molar-refractivity contribution in [3.05, 3.63) is 37.7 Å². The van der Waals surface area contributed by atoms with E-state index in [0.29, 0.717) is 11.3 Å². The molecule has 0 saturated heterocycles. The highest BCUT2D eigenvalue weighted by Crippen LogP contribution is 2.22. The number of hydrogen-bond donors (Lipinski definition) is 1. The fourth-order valence-electron chi connectivity index (χ4n) is 1.19. The molecule has 18 heavy (non-hydrogen) atoms. The molecule has 5 nitrogen and oxygen atoms in total. The van der Waals surface area contributed by atoms with Gasteiger partial charge in [-0.3, -0.25) is 4.79 Å². The zero-order chi connectivity index (χ0) is 13.1. The average Bonchev–Trinajstić information content (AvgIpc) is 2.76. The van der Waals surface area contributed by atoms with Crippen LogP contribution in [0.3, 0.4) is 0 Å². The van der Waals surface area contributed by atoms with Crippen molar-refractivity contribution in [2.75, 3.05) is 5.32 Å². The van der Waals surface area contributed by atoms with Crippen molar-refractivity contribution < 1.29 is 4.79 Å². The summed E-state index contributed by atoms with van der Waals surface area (Å²) in [5.74, 6) is -0.450. The minimum absolute atomic E-state index is 0.142. The van der Waals surface area contributed by atoms with E-state index in [4.69, 9.17) is 16.9 Å². The smallest absolute Gasteiger partial charge is 0.286 e. The highest BCUT2D eigenvalue weighted by molar-refractivity contribution is 9.10. The minimum Gasteiger partial charge on any atom is -0.319 e. The molecule has 0 spiro atoms. The lowest BCUT2D eigenvalue weighted by Crippen LogP contribution is -2.12. The van der Waals surface area contributed by atoms with Gasteiger partial charge in [-0.1, -0.05) is 27.3 Å². The van der Waals surface area contributed by atoms with Crippen molar-refractivity contribution in [1.82, 2.24) is 10.2 Å². The average molecular weight is 344 g/mol. The molecule has 8 heteroatoms. The first-order valence-corrected chi connectivity index (χ1v) is 6.59. The lowest BCUT2D eigenvalue weighted by molar-refractivity contribution is 0.102. The van der Waals surface area contributed by atoms with Gasteiger partial charge in [0.05, 0.1) is 11.3 Å². The molecular weight excluding hydrogens is 340 g/mol. The number of halogens is 2. The van der Waals surface area contributed by atoms with Crippen LogP contribution >= 0.6 is 38.9 Å². The number of aromatic nitrogens is 2. The number of amides is 1. The van der Waals surface area contributed by atoms with Crippen molar-refractivity contribution in [2.45, 2.75) is 0 Å². The molecule has 2 rings (SSSR count). The Kier molecular flexibility index (Phi) is 3.91. The molecule has 0 saturated carbocycles. The molecular formula is C10H4BrClN4OS. The van der Waals surface area contributed by atoms with Crippen molar-refractivity contribution >= 4 is 50.5 Å². The lowest BCUT2D eigenvalue weighted by Gasteiger charge is -2.05. The van der Waals surface area contributed by atoms with E-state index in [2.05, 4.69) is 31.4 Å². The van der Waals surface area contributed by atoms with E-state index in [1.807, 2.05) is 6.07 Å². The van der Waals surface area contributed by atoms with Crippen LogP contribution in [0.4, 0.5) is 5.69 Å². The molecule has 0 aliphatic carbocycles. The number of rotatable bonds is 2. The Labute approximate surface area is 120 Å². The van der Waals surface area contributed by atoms with Crippen molar-refractivity contribution in [1.29, 1.82) is 5.26 Å². The first kappa shape index (κ1) is 13.0. The predicted molar refractivity (Wildman–Crippen MR) is 71.7 cm³/mol. The van der Waals surface area contributed by atoms with Crippen LogP contribution in [0.2, 0.25) is 4.47 Å². The number of carbonyl (C=O) groups excluding carboxylic acids is 1. The summed E-state index contributed by atoms with van der Waals surface area (Å²) in [4.78, 5) is 11.8. The van der Waals surface area contributed by atoms with Gasteiger partial charge in [0.25, 0.3) is 5.91 Å². The van der Waals surface area contributed by atoms with E-state index in [-0.39, 0.29) is 9.47 Å². The van der Waals surface area contributed by atoms with Crippen LogP contribution in [-0.4, -0.2) is 16.1 Å². The largest absolute Gasteiger partial charge is 0.319 e. The van der Waals surface area contributed by atoms with Crippen molar-refractivity contribution in [3.8, 4) is 6.07 Å². The molecule has 1 N–H and O–H groups in total. The normalized spacial score (nSPS) is 9.83. The summed E-state index contributed by atoms with van der Waals surface area (Å²) >= 11 is 9.83. The highest BCUT2D eigenvalue weighted by Gasteiger charge is 2.14. The van der Waals surface area contributed by atoms with E-state index < -0.39 is 5.91 Å². The topological polar surface area (TPSA) is 78.7 Å². The van der Waals surface area contributed by atoms with E-state index in [0.717, 1.165) is 15.8 Å². The van der Waals surface area contributed by atoms with Crippen molar-refractivity contribution in [3.63, 3.8) is 0 Å². The van der Waals surface area contributed by atoms with Gasteiger partial charge >= 0.3 is 0 Å². The molecule has 0 atom stereocenters. The summed E-state index contributed by atoms with van der Waals surface area (Å²) in [6, 6.07) is 6.95. The standard InChI is InChI=1S/C10H4BrClN4OS/c11-6-2-1-5(4-13)7(3-6)14-8(17)9-15-16-10(12)18-9/h1-3H,(H,14,17). The van der Waals surface area contributed by atoms with Crippen LogP contribution in [0.15, 0.2) is 22.7 Å². The van der Waals surface area contributed by atoms with Crippen LogP contribution in [0.25, 0.3) is 0 Å². The molecule has 0 unspecified atom stereocenters. The number of carbonyl (C=O) groups is 1. The molecule has 1 aromatic carbocycles. The quantitative estimate of drug-likeness (QED) is 0.909. The molecule has 0 aliphatic rings. The van der Waals surface area contributed by atoms with Gasteiger partial charge in [-0.2, -0.15) is 5.26 Å². The van der Waals surface area contributed by atoms with E-state index in [1.54, 1.807) is 18.2 Å². The molecule has 1 amide bonds. The Balaban J connectivity index is 2.27. The van der Waals surface area contributed by atoms with Gasteiger partial charge in [0.2, 0.25) is 9.47 Å². The minimum atomic E-state index is -0.450. The maximum absolute atomic E-state index is 11.8. The number of benzene rings is 1. The van der Waals surface area contributed by atoms with Gasteiger partial charge in [-0.25, -0.2) is 0 Å². The second-order valence-electron chi connectivity index (χ2n) is 3.12. The molecule has 1 heterocycles. The summed E-state index contributed by atoms with van der Waals surface area (Å²) in [5.41, 5.74) is 0.769. The second kappa shape index (κ2) is 5.44. The van der Waals surface area contributed by atoms with Crippen LogP contribution in [0.1, 0.15) is 15.4 Å². The second-order valence-corrected chi connectivity index (χ2v) is 5.59. The fraction of sp³-hybridized carbons (Fsp3) is 0. The third kappa shape index (κ3) is 2.85. The van der Waals surface area contributed by atoms with E-state index in [9.17, 15) is 4.79 Å². The summed E-state index contributed by atoms with van der Waals surface area (Å²) < 4.78 is 0.946. The first-order valence-electron chi connectivity index (χ1n) is 4.60. The highest BCUT2D eigenvalue weighted by atomic mass is 79.9. The van der Waals surface area contributed by atoms with Crippen LogP contribution in [0, 0.1) is 11.3 Å². The summed E-state index contributed by atoms with van der Waals surface area (Å²) in [5, 5.41) is 18.8. The summed E-state index contributed by atoms with van der Waals surface area (Å²) in [7, 11) is 0. The third-order valence-electron chi connectivity index (χ3n) is 1.94. The van der Waals surface area contributed by atoms with Gasteiger partial charge in [-0.05, 0) is 29.8 Å². The molecule has 0 aliphatic heterocycles. The van der Waals surface area contributed by atoms with Gasteiger partial charge in [0, 0.05) is 4.47 Å². The summed E-state index contributed by atoms with van der Waals surface area (Å²) in [6.07, 6.45) is 0. The van der Waals surface area contributed by atoms with Gasteiger partial charge in [-0.15, -0.1) is 10.2 Å². The number of anilines is 1. The molecule has 90 valence electrons. The van der Waals surface area contributed by atoms with Crippen LogP contribution < -0.4 is 5.32 Å². The molecule has 0 bridgehead atoms. The maximum Gasteiger partial charge on any atom is 0.286 e. The number of nitrogens with one attached hydrogen (secondary N) is 1. The monoisotopic (exact) mass is 342 g/mol. The molecule has 1 aromatic heterocycles. The van der Waals surface area contributed by atoms with E-state index >= 15 is 0 Å². The zero-order valence-electron chi connectivity index (χ0n) is 8.65. The number of nitriles is 1. The van der Waals surface area contributed by atoms with Crippen LogP contribution in [-0.2, 0) is 0 Å². The Morgan fingerprint density at radius 1 is 1.50 bits per heavy atom. The Hall–Kier alpha value is -1.49. The number of nitrogens with zero attached hydrogens (tertiary/aromatic N) is 3. The van der Waals surface area contributed by atoms with Crippen LogP contribution in [0.5, 0.6) is 0 Å². The Morgan fingerprint density at radius 3 is 2.89 bits per heavy atom. The fourth-order valence-corrected chi connectivity index (χ4v) is 2.27. The van der Waals surface area contributed by atoms with Gasteiger partial charge in [0.1, 0.15) is 6.07 Å². The first-order chi connectivity index (χ1) is 8.60. The third-order valence-corrected chi connectivity index (χ3v) is 3.46. The van der Waals surface area contributed by atoms with E-state index in [1.165, 1.54) is 0 Å². The Morgan fingerprint density at radius 2 is 2.28 bits per heavy atom. The van der Waals surface area contributed by atoms with Gasteiger partial charge in [0.15, 0.2) is 0 Å². The van der Waals surface area contributed by atoms with Crippen molar-refractivity contribution in [2.24, 2.45) is 0 Å². The van der Waals surface area contributed by atoms with Gasteiger partial charge < -0.3 is 5.32 Å². The Bertz CT molecular complexity index is 652. The predicted octanol–water partition coefficient (Wildman–Crippen LogP) is 3.08. The number of hydrogen-bond acceptors (Lipinski definition) is 5. The zero-order valence-corrected chi connectivity index (χ0v) is 11.8. The maximum atomic E-state index is 11.8. The lowest BCUT2D eigenvalue weighted by atomic mass is 10.2. The molecule has 0 fully saturated rings. The SMILES string of the molecule is N#Cc1ccc(Br)cc1NC(=O)c1nnc(Cl)s1. The summed E-state index contributed by atoms with van der Waals surface area (Å²) in [6.45, 7) is 0. The molecule has 2 aromatic rings.